The van der Waals surface area contributed by atoms with Gasteiger partial charge in [0.25, 0.3) is 0 Å². The van der Waals surface area contributed by atoms with Gasteiger partial charge >= 0.3 is 0 Å². The normalized spacial score (nSPS) is 19.5. The van der Waals surface area contributed by atoms with Crippen molar-refractivity contribution >= 4 is 18.3 Å². The highest BCUT2D eigenvalue weighted by Gasteiger charge is 2.45. The van der Waals surface area contributed by atoms with Crippen LogP contribution in [0.5, 0.6) is 0 Å². The molecule has 0 spiro atoms. The molecule has 1 aliphatic carbocycles. The van der Waals surface area contributed by atoms with E-state index in [1.54, 1.807) is 0 Å². The molecule has 1 atom stereocenters. The lowest BCUT2D eigenvalue weighted by molar-refractivity contribution is -0.138. The van der Waals surface area contributed by atoms with Gasteiger partial charge in [-0.25, -0.2) is 0 Å². The topological polar surface area (TPSA) is 23.6 Å². The summed E-state index contributed by atoms with van der Waals surface area (Å²) in [5.41, 5.74) is 2.08. The van der Waals surface area contributed by atoms with Crippen molar-refractivity contribution in [3.05, 3.63) is 71.8 Å². The van der Waals surface area contributed by atoms with Gasteiger partial charge in [-0.15, -0.1) is 12.4 Å². The largest absolute Gasteiger partial charge is 0.337 e. The molecule has 2 aromatic carbocycles. The SMILES string of the molecule is CN(C(=O)C1(c2ccccc2)CCCC1)C(CN1CCCC1)c1ccccc1.Cl. The number of nitrogens with zero attached hydrogens (tertiary/aromatic N) is 2. The fourth-order valence-corrected chi connectivity index (χ4v) is 5.18. The van der Waals surface area contributed by atoms with Crippen LogP contribution in [0.25, 0.3) is 0 Å². The van der Waals surface area contributed by atoms with Crippen molar-refractivity contribution in [3.63, 3.8) is 0 Å². The summed E-state index contributed by atoms with van der Waals surface area (Å²) in [5.74, 6) is 0.296. The number of amides is 1. The predicted molar refractivity (Wildman–Crippen MR) is 121 cm³/mol. The Bertz CT molecular complexity index is 768. The molecule has 1 aliphatic heterocycles. The number of carbonyl (C=O) groups is 1. The Morgan fingerprint density at radius 3 is 2.07 bits per heavy atom. The maximum atomic E-state index is 14.0. The predicted octanol–water partition coefficient (Wildman–Crippen LogP) is 5.22. The van der Waals surface area contributed by atoms with Gasteiger partial charge in [-0.05, 0) is 49.9 Å². The molecule has 1 saturated heterocycles. The van der Waals surface area contributed by atoms with Gasteiger partial charge in [0.15, 0.2) is 0 Å². The van der Waals surface area contributed by atoms with Gasteiger partial charge in [-0.1, -0.05) is 73.5 Å². The highest BCUT2D eigenvalue weighted by molar-refractivity contribution is 5.89. The first-order valence-electron chi connectivity index (χ1n) is 10.8. The second-order valence-corrected chi connectivity index (χ2v) is 8.51. The molecule has 1 saturated carbocycles. The van der Waals surface area contributed by atoms with Gasteiger partial charge in [0.05, 0.1) is 11.5 Å². The van der Waals surface area contributed by atoms with Crippen LogP contribution in [0.15, 0.2) is 60.7 Å². The van der Waals surface area contributed by atoms with Crippen LogP contribution in [0.2, 0.25) is 0 Å². The molecule has 4 heteroatoms. The highest BCUT2D eigenvalue weighted by atomic mass is 35.5. The smallest absolute Gasteiger partial charge is 0.233 e. The van der Waals surface area contributed by atoms with Crippen LogP contribution in [0, 0.1) is 0 Å². The molecule has 0 aromatic heterocycles. The van der Waals surface area contributed by atoms with Crippen LogP contribution < -0.4 is 0 Å². The number of benzene rings is 2. The van der Waals surface area contributed by atoms with Crippen molar-refractivity contribution in [2.24, 2.45) is 0 Å². The Labute approximate surface area is 181 Å². The van der Waals surface area contributed by atoms with E-state index in [4.69, 9.17) is 0 Å². The first-order valence-corrected chi connectivity index (χ1v) is 10.8. The average Bonchev–Trinajstić information content (AvgIpc) is 3.45. The van der Waals surface area contributed by atoms with E-state index in [-0.39, 0.29) is 23.9 Å². The van der Waals surface area contributed by atoms with Gasteiger partial charge in [-0.2, -0.15) is 0 Å². The summed E-state index contributed by atoms with van der Waals surface area (Å²) < 4.78 is 0. The van der Waals surface area contributed by atoms with E-state index in [0.29, 0.717) is 5.91 Å². The third-order valence-corrected chi connectivity index (χ3v) is 6.79. The second kappa shape index (κ2) is 9.77. The maximum Gasteiger partial charge on any atom is 0.233 e. The molecule has 1 amide bonds. The number of likely N-dealkylation sites (tertiary alicyclic amines) is 1. The number of hydrogen-bond donors (Lipinski definition) is 0. The molecule has 29 heavy (non-hydrogen) atoms. The van der Waals surface area contributed by atoms with Crippen LogP contribution in [0.1, 0.15) is 55.7 Å². The Morgan fingerprint density at radius 1 is 0.931 bits per heavy atom. The van der Waals surface area contributed by atoms with E-state index < -0.39 is 0 Å². The molecule has 1 unspecified atom stereocenters. The zero-order valence-corrected chi connectivity index (χ0v) is 18.2. The van der Waals surface area contributed by atoms with Crippen LogP contribution in [0.3, 0.4) is 0 Å². The lowest BCUT2D eigenvalue weighted by Gasteiger charge is -2.38. The molecule has 2 aliphatic rings. The van der Waals surface area contributed by atoms with Crippen LogP contribution in [0.4, 0.5) is 0 Å². The Hall–Kier alpha value is -1.84. The molecule has 4 rings (SSSR count). The first kappa shape index (κ1) is 21.9. The van der Waals surface area contributed by atoms with Crippen molar-refractivity contribution in [2.75, 3.05) is 26.7 Å². The lowest BCUT2D eigenvalue weighted by Crippen LogP contribution is -2.47. The average molecular weight is 413 g/mol. The monoisotopic (exact) mass is 412 g/mol. The highest BCUT2D eigenvalue weighted by Crippen LogP contribution is 2.43. The van der Waals surface area contributed by atoms with E-state index in [9.17, 15) is 4.79 Å². The van der Waals surface area contributed by atoms with E-state index in [1.165, 1.54) is 24.0 Å². The Morgan fingerprint density at radius 2 is 1.48 bits per heavy atom. The number of carbonyl (C=O) groups excluding carboxylic acids is 1. The van der Waals surface area contributed by atoms with Gasteiger partial charge in [0.2, 0.25) is 5.91 Å². The van der Waals surface area contributed by atoms with Crippen LogP contribution in [-0.4, -0.2) is 42.4 Å². The molecular weight excluding hydrogens is 380 g/mol. The third kappa shape index (κ3) is 4.51. The fraction of sp³-hybridized carbons (Fsp3) is 0.480. The molecule has 1 heterocycles. The van der Waals surface area contributed by atoms with Crippen LogP contribution >= 0.6 is 12.4 Å². The van der Waals surface area contributed by atoms with Gasteiger partial charge in [-0.3, -0.25) is 4.79 Å². The number of rotatable bonds is 6. The van der Waals surface area contributed by atoms with Gasteiger partial charge in [0.1, 0.15) is 0 Å². The summed E-state index contributed by atoms with van der Waals surface area (Å²) in [6, 6.07) is 21.2. The summed E-state index contributed by atoms with van der Waals surface area (Å²) in [5, 5.41) is 0. The molecule has 3 nitrogen and oxygen atoms in total. The second-order valence-electron chi connectivity index (χ2n) is 8.51. The summed E-state index contributed by atoms with van der Waals surface area (Å²) in [7, 11) is 2.03. The quantitative estimate of drug-likeness (QED) is 0.649. The van der Waals surface area contributed by atoms with Gasteiger partial charge in [0, 0.05) is 13.6 Å². The number of likely N-dealkylation sites (N-methyl/N-ethyl adjacent to an activating group) is 1. The molecule has 156 valence electrons. The zero-order valence-electron chi connectivity index (χ0n) is 17.4. The van der Waals surface area contributed by atoms with E-state index in [2.05, 4.69) is 64.4 Å². The molecule has 0 radical (unpaired) electrons. The van der Waals surface area contributed by atoms with Crippen LogP contribution in [-0.2, 0) is 10.2 Å². The number of hydrogen-bond acceptors (Lipinski definition) is 2. The third-order valence-electron chi connectivity index (χ3n) is 6.79. The number of halogens is 1. The lowest BCUT2D eigenvalue weighted by atomic mass is 9.77. The Balaban J connectivity index is 0.00000240. The molecular formula is C25H33ClN2O. The molecule has 0 N–H and O–H groups in total. The summed E-state index contributed by atoms with van der Waals surface area (Å²) in [6.45, 7) is 3.22. The van der Waals surface area contributed by atoms with Crippen molar-refractivity contribution in [2.45, 2.75) is 50.0 Å². The van der Waals surface area contributed by atoms with E-state index in [1.807, 2.05) is 13.1 Å². The van der Waals surface area contributed by atoms with E-state index in [0.717, 1.165) is 45.3 Å². The fourth-order valence-electron chi connectivity index (χ4n) is 5.18. The van der Waals surface area contributed by atoms with Crippen molar-refractivity contribution < 1.29 is 4.79 Å². The van der Waals surface area contributed by atoms with E-state index >= 15 is 0 Å². The standard InChI is InChI=1S/C25H32N2O.ClH/c1-26(23(20-27-18-10-11-19-27)21-12-4-2-5-13-21)24(28)25(16-8-9-17-25)22-14-6-3-7-15-22;/h2-7,12-15,23H,8-11,16-20H2,1H3;1H. The van der Waals surface area contributed by atoms with Crippen molar-refractivity contribution in [3.8, 4) is 0 Å². The summed E-state index contributed by atoms with van der Waals surface area (Å²) >= 11 is 0. The summed E-state index contributed by atoms with van der Waals surface area (Å²) in [4.78, 5) is 18.5. The minimum absolute atomic E-state index is 0. The summed E-state index contributed by atoms with van der Waals surface area (Å²) in [6.07, 6.45) is 6.74. The first-order chi connectivity index (χ1) is 13.7. The molecule has 2 aromatic rings. The minimum Gasteiger partial charge on any atom is -0.337 e. The maximum absolute atomic E-state index is 14.0. The molecule has 2 fully saturated rings. The molecule has 0 bridgehead atoms. The minimum atomic E-state index is -0.353. The Kier molecular flexibility index (Phi) is 7.37. The van der Waals surface area contributed by atoms with Gasteiger partial charge < -0.3 is 9.80 Å². The zero-order chi connectivity index (χ0) is 19.4. The van der Waals surface area contributed by atoms with Crippen molar-refractivity contribution in [1.29, 1.82) is 0 Å². The van der Waals surface area contributed by atoms with Crippen molar-refractivity contribution in [1.82, 2.24) is 9.80 Å².